The van der Waals surface area contributed by atoms with Crippen LogP contribution in [0.4, 0.5) is 0 Å². The Labute approximate surface area is 178 Å². The van der Waals surface area contributed by atoms with Crippen LogP contribution in [-0.4, -0.2) is 33.4 Å². The second-order valence-electron chi connectivity index (χ2n) is 7.81. The molecule has 0 saturated carbocycles. The molecular weight excluding hydrogens is 368 g/mol. The van der Waals surface area contributed by atoms with Gasteiger partial charge in [-0.1, -0.05) is 18.2 Å². The van der Waals surface area contributed by atoms with E-state index in [1.807, 2.05) is 24.5 Å². The zero-order chi connectivity index (χ0) is 20.9. The standard InChI is InChI=1S/C26H28N4/c1-4-6-7-8-20-11-12-27-25-10-9-21(15-22(20)25)24-17-29-26-23(24)14-19(16-28-26)18-30(3)13-5-2/h4-5,9-12,14-17H,1-2,6-8,13,18H2,3H3,(H,28,29). The molecule has 0 atom stereocenters. The van der Waals surface area contributed by atoms with Gasteiger partial charge in [-0.15, -0.1) is 13.2 Å². The number of nitrogens with zero attached hydrogens (tertiary/aromatic N) is 3. The van der Waals surface area contributed by atoms with Gasteiger partial charge in [-0.2, -0.15) is 0 Å². The van der Waals surface area contributed by atoms with E-state index >= 15 is 0 Å². The lowest BCUT2D eigenvalue weighted by Gasteiger charge is -2.14. The maximum Gasteiger partial charge on any atom is 0.137 e. The number of aryl methyl sites for hydroxylation is 1. The molecule has 3 heterocycles. The largest absolute Gasteiger partial charge is 0.346 e. The normalized spacial score (nSPS) is 11.4. The fourth-order valence-electron chi connectivity index (χ4n) is 3.99. The van der Waals surface area contributed by atoms with Crippen LogP contribution in [0.25, 0.3) is 33.1 Å². The van der Waals surface area contributed by atoms with Gasteiger partial charge in [-0.3, -0.25) is 9.88 Å². The maximum atomic E-state index is 4.64. The van der Waals surface area contributed by atoms with Crippen LogP contribution in [0.1, 0.15) is 24.0 Å². The molecule has 4 nitrogen and oxygen atoms in total. The van der Waals surface area contributed by atoms with Crippen molar-refractivity contribution < 1.29 is 0 Å². The summed E-state index contributed by atoms with van der Waals surface area (Å²) in [6.45, 7) is 9.35. The molecule has 0 spiro atoms. The second kappa shape index (κ2) is 9.06. The number of fused-ring (bicyclic) bond motifs is 2. The van der Waals surface area contributed by atoms with Crippen LogP contribution < -0.4 is 0 Å². The van der Waals surface area contributed by atoms with Crippen LogP contribution in [0.2, 0.25) is 0 Å². The number of nitrogens with one attached hydrogen (secondary N) is 1. The van der Waals surface area contributed by atoms with Gasteiger partial charge < -0.3 is 4.98 Å². The lowest BCUT2D eigenvalue weighted by Crippen LogP contribution is -2.17. The fourth-order valence-corrected chi connectivity index (χ4v) is 3.99. The summed E-state index contributed by atoms with van der Waals surface area (Å²) in [7, 11) is 2.09. The zero-order valence-corrected chi connectivity index (χ0v) is 17.6. The molecule has 0 amide bonds. The van der Waals surface area contributed by atoms with Crippen molar-refractivity contribution in [2.75, 3.05) is 13.6 Å². The summed E-state index contributed by atoms with van der Waals surface area (Å²) in [5, 5.41) is 2.37. The van der Waals surface area contributed by atoms with Gasteiger partial charge in [0.25, 0.3) is 0 Å². The lowest BCUT2D eigenvalue weighted by molar-refractivity contribution is 0.363. The molecule has 0 aliphatic heterocycles. The van der Waals surface area contributed by atoms with Crippen LogP contribution in [-0.2, 0) is 13.0 Å². The Morgan fingerprint density at radius 2 is 1.97 bits per heavy atom. The summed E-state index contributed by atoms with van der Waals surface area (Å²) in [6.07, 6.45) is 13.0. The highest BCUT2D eigenvalue weighted by Gasteiger charge is 2.11. The molecule has 152 valence electrons. The van der Waals surface area contributed by atoms with E-state index in [0.29, 0.717) is 0 Å². The number of hydrogen-bond donors (Lipinski definition) is 1. The third-order valence-electron chi connectivity index (χ3n) is 5.48. The van der Waals surface area contributed by atoms with E-state index in [0.717, 1.165) is 48.9 Å². The molecule has 3 aromatic heterocycles. The number of aromatic amines is 1. The number of unbranched alkanes of at least 4 members (excludes halogenated alkanes) is 1. The van der Waals surface area contributed by atoms with Crippen molar-refractivity contribution in [1.82, 2.24) is 19.9 Å². The number of pyridine rings is 2. The van der Waals surface area contributed by atoms with E-state index in [1.54, 1.807) is 0 Å². The van der Waals surface area contributed by atoms with Gasteiger partial charge in [0.05, 0.1) is 5.52 Å². The Bertz CT molecular complexity index is 1190. The fraction of sp³-hybridized carbons (Fsp3) is 0.231. The molecule has 0 saturated heterocycles. The van der Waals surface area contributed by atoms with Crippen molar-refractivity contribution in [1.29, 1.82) is 0 Å². The number of H-pyrrole nitrogens is 1. The molecule has 0 fully saturated rings. The Hall–Kier alpha value is -3.24. The van der Waals surface area contributed by atoms with Gasteiger partial charge in [0, 0.05) is 48.0 Å². The highest BCUT2D eigenvalue weighted by Crippen LogP contribution is 2.31. The van der Waals surface area contributed by atoms with Crippen LogP contribution in [0.5, 0.6) is 0 Å². The molecule has 4 aromatic rings. The van der Waals surface area contributed by atoms with E-state index in [9.17, 15) is 0 Å². The van der Waals surface area contributed by atoms with E-state index in [2.05, 4.69) is 76.6 Å². The van der Waals surface area contributed by atoms with Gasteiger partial charge in [0.15, 0.2) is 0 Å². The third kappa shape index (κ3) is 4.19. The van der Waals surface area contributed by atoms with Crippen LogP contribution in [0.3, 0.4) is 0 Å². The van der Waals surface area contributed by atoms with Gasteiger partial charge in [-0.05, 0) is 67.3 Å². The predicted molar refractivity (Wildman–Crippen MR) is 126 cm³/mol. The van der Waals surface area contributed by atoms with Gasteiger partial charge in [0.1, 0.15) is 5.65 Å². The average molecular weight is 397 g/mol. The van der Waals surface area contributed by atoms with E-state index in [1.165, 1.54) is 27.6 Å². The molecule has 0 radical (unpaired) electrons. The first kappa shape index (κ1) is 20.0. The quantitative estimate of drug-likeness (QED) is 0.283. The topological polar surface area (TPSA) is 44.8 Å². The Morgan fingerprint density at radius 1 is 1.07 bits per heavy atom. The molecule has 1 aromatic carbocycles. The van der Waals surface area contributed by atoms with Crippen molar-refractivity contribution in [3.63, 3.8) is 0 Å². The van der Waals surface area contributed by atoms with E-state index in [4.69, 9.17) is 0 Å². The SMILES string of the molecule is C=CCCCc1ccnc2ccc(-c3c[nH]c4ncc(CN(C)CC=C)cc34)cc12. The van der Waals surface area contributed by atoms with Crippen LogP contribution in [0, 0.1) is 0 Å². The van der Waals surface area contributed by atoms with Crippen molar-refractivity contribution in [3.8, 4) is 11.1 Å². The smallest absolute Gasteiger partial charge is 0.137 e. The van der Waals surface area contributed by atoms with Crippen LogP contribution in [0.15, 0.2) is 74.2 Å². The molecule has 0 aliphatic rings. The molecular formula is C26H28N4. The predicted octanol–water partition coefficient (Wildman–Crippen LogP) is 5.90. The highest BCUT2D eigenvalue weighted by atomic mass is 15.1. The molecule has 0 aliphatic carbocycles. The van der Waals surface area contributed by atoms with Crippen LogP contribution >= 0.6 is 0 Å². The van der Waals surface area contributed by atoms with Crippen molar-refractivity contribution in [3.05, 3.63) is 85.4 Å². The van der Waals surface area contributed by atoms with Gasteiger partial charge >= 0.3 is 0 Å². The molecule has 4 heteroatoms. The minimum Gasteiger partial charge on any atom is -0.346 e. The first-order valence-electron chi connectivity index (χ1n) is 10.4. The summed E-state index contributed by atoms with van der Waals surface area (Å²) in [5.41, 5.74) is 6.85. The molecule has 1 N–H and O–H groups in total. The first-order valence-corrected chi connectivity index (χ1v) is 10.4. The Kier molecular flexibility index (Phi) is 6.05. The van der Waals surface area contributed by atoms with E-state index in [-0.39, 0.29) is 0 Å². The number of allylic oxidation sites excluding steroid dienone is 1. The second-order valence-corrected chi connectivity index (χ2v) is 7.81. The monoisotopic (exact) mass is 396 g/mol. The number of aromatic nitrogens is 3. The van der Waals surface area contributed by atoms with Gasteiger partial charge in [-0.25, -0.2) is 4.98 Å². The summed E-state index contributed by atoms with van der Waals surface area (Å²) >= 11 is 0. The molecule has 4 rings (SSSR count). The number of rotatable bonds is 9. The number of likely N-dealkylation sites (N-methyl/N-ethyl adjacent to an activating group) is 1. The minimum absolute atomic E-state index is 0.842. The van der Waals surface area contributed by atoms with Crippen molar-refractivity contribution >= 4 is 21.9 Å². The number of hydrogen-bond acceptors (Lipinski definition) is 3. The highest BCUT2D eigenvalue weighted by molar-refractivity contribution is 5.97. The Morgan fingerprint density at radius 3 is 2.80 bits per heavy atom. The summed E-state index contributed by atoms with van der Waals surface area (Å²) in [4.78, 5) is 14.8. The van der Waals surface area contributed by atoms with E-state index < -0.39 is 0 Å². The van der Waals surface area contributed by atoms with Crippen molar-refractivity contribution in [2.45, 2.75) is 25.8 Å². The Balaban J connectivity index is 1.73. The lowest BCUT2D eigenvalue weighted by atomic mass is 9.98. The third-order valence-corrected chi connectivity index (χ3v) is 5.48. The first-order chi connectivity index (χ1) is 14.7. The van der Waals surface area contributed by atoms with Crippen molar-refractivity contribution in [2.24, 2.45) is 0 Å². The summed E-state index contributed by atoms with van der Waals surface area (Å²) in [5.74, 6) is 0. The molecule has 0 unspecified atom stereocenters. The molecule has 0 bridgehead atoms. The zero-order valence-electron chi connectivity index (χ0n) is 17.6. The summed E-state index contributed by atoms with van der Waals surface area (Å²) < 4.78 is 0. The number of benzene rings is 1. The van der Waals surface area contributed by atoms with Gasteiger partial charge in [0.2, 0.25) is 0 Å². The maximum absolute atomic E-state index is 4.64. The molecule has 30 heavy (non-hydrogen) atoms. The summed E-state index contributed by atoms with van der Waals surface area (Å²) in [6, 6.07) is 10.9. The average Bonchev–Trinajstić information content (AvgIpc) is 3.17. The minimum atomic E-state index is 0.842.